The van der Waals surface area contributed by atoms with E-state index in [1.54, 1.807) is 7.11 Å². The largest absolute Gasteiger partial charge is 0.497 e. The van der Waals surface area contributed by atoms with Crippen LogP contribution in [0.2, 0.25) is 0 Å². The molecule has 1 aromatic heterocycles. The van der Waals surface area contributed by atoms with E-state index in [1.165, 1.54) is 5.75 Å². The van der Waals surface area contributed by atoms with E-state index in [-0.39, 0.29) is 0 Å². The number of rotatable bonds is 10. The van der Waals surface area contributed by atoms with Crippen LogP contribution in [0, 0.1) is 6.92 Å². The molecule has 0 unspecified atom stereocenters. The Labute approximate surface area is 152 Å². The zero-order chi connectivity index (χ0) is 17.4. The lowest BCUT2D eigenvalue weighted by Gasteiger charge is -2.07. The topological polar surface area (TPSA) is 43.2 Å². The second-order valence-corrected chi connectivity index (χ2v) is 8.55. The van der Waals surface area contributed by atoms with E-state index < -0.39 is 0 Å². The van der Waals surface area contributed by atoms with Gasteiger partial charge in [0.25, 0.3) is 0 Å². The molecule has 24 heavy (non-hydrogen) atoms. The first kappa shape index (κ1) is 19.1. The van der Waals surface area contributed by atoms with Gasteiger partial charge in [0, 0.05) is 30.2 Å². The second kappa shape index (κ2) is 9.96. The summed E-state index contributed by atoms with van der Waals surface area (Å²) in [5, 5.41) is 8.55. The molecule has 0 aliphatic heterocycles. The first-order chi connectivity index (χ1) is 11.6. The third-order valence-electron chi connectivity index (χ3n) is 3.57. The molecule has 0 N–H and O–H groups in total. The molecular weight excluding hydrogens is 340 g/mol. The van der Waals surface area contributed by atoms with Crippen molar-refractivity contribution in [3.05, 3.63) is 30.0 Å². The molecule has 2 rings (SSSR count). The zero-order valence-corrected chi connectivity index (χ0v) is 16.5. The lowest BCUT2D eigenvalue weighted by atomic mass is 10.1. The van der Waals surface area contributed by atoms with Gasteiger partial charge in [-0.2, -0.15) is 0 Å². The highest BCUT2D eigenvalue weighted by molar-refractivity contribution is 8.76. The highest BCUT2D eigenvalue weighted by Gasteiger charge is 2.08. The van der Waals surface area contributed by atoms with Crippen molar-refractivity contribution in [2.75, 3.05) is 39.3 Å². The molecule has 5 nitrogen and oxygen atoms in total. The molecule has 1 heterocycles. The molecule has 0 saturated heterocycles. The van der Waals surface area contributed by atoms with E-state index in [0.717, 1.165) is 47.8 Å². The summed E-state index contributed by atoms with van der Waals surface area (Å²) in [7, 11) is 9.78. The minimum absolute atomic E-state index is 0.868. The van der Waals surface area contributed by atoms with Gasteiger partial charge in [0.2, 0.25) is 0 Å². The zero-order valence-electron chi connectivity index (χ0n) is 14.9. The number of aromatic nitrogens is 3. The molecule has 0 bridgehead atoms. The molecule has 0 amide bonds. The van der Waals surface area contributed by atoms with Gasteiger partial charge in [0.1, 0.15) is 11.4 Å². The summed E-state index contributed by atoms with van der Waals surface area (Å²) in [6, 6.07) is 6.03. The van der Waals surface area contributed by atoms with Crippen LogP contribution in [0.15, 0.2) is 24.4 Å². The maximum Gasteiger partial charge on any atom is 0.119 e. The predicted octanol–water partition coefficient (Wildman–Crippen LogP) is 3.60. The summed E-state index contributed by atoms with van der Waals surface area (Å²) in [5.74, 6) is 3.17. The highest BCUT2D eigenvalue weighted by Crippen LogP contribution is 2.25. The molecule has 0 fully saturated rings. The number of methoxy groups -OCH3 is 1. The van der Waals surface area contributed by atoms with Gasteiger partial charge >= 0.3 is 0 Å². The van der Waals surface area contributed by atoms with Crippen LogP contribution in [-0.4, -0.2) is 59.1 Å². The Balaban J connectivity index is 1.77. The van der Waals surface area contributed by atoms with Gasteiger partial charge in [-0.3, -0.25) is 4.68 Å². The summed E-state index contributed by atoms with van der Waals surface area (Å²) in [5.41, 5.74) is 3.17. The number of ether oxygens (including phenoxy) is 1. The van der Waals surface area contributed by atoms with Crippen molar-refractivity contribution in [1.82, 2.24) is 19.9 Å². The number of benzene rings is 1. The van der Waals surface area contributed by atoms with Gasteiger partial charge in [-0.25, -0.2) is 0 Å². The Morgan fingerprint density at radius 2 is 2.00 bits per heavy atom. The summed E-state index contributed by atoms with van der Waals surface area (Å²) < 4.78 is 7.18. The third-order valence-corrected chi connectivity index (χ3v) is 6.04. The molecule has 2 aromatic rings. The van der Waals surface area contributed by atoms with Crippen LogP contribution in [0.4, 0.5) is 0 Å². The monoisotopic (exact) mass is 366 g/mol. The minimum atomic E-state index is 0.868. The maximum atomic E-state index is 5.25. The van der Waals surface area contributed by atoms with Crippen molar-refractivity contribution in [1.29, 1.82) is 0 Å². The van der Waals surface area contributed by atoms with E-state index in [0.29, 0.717) is 0 Å². The minimum Gasteiger partial charge on any atom is -0.497 e. The predicted molar refractivity (Wildman–Crippen MR) is 105 cm³/mol. The number of hydrogen-bond acceptors (Lipinski definition) is 6. The first-order valence-corrected chi connectivity index (χ1v) is 10.5. The third kappa shape index (κ3) is 6.03. The average molecular weight is 367 g/mol. The molecule has 0 radical (unpaired) electrons. The molecule has 0 aliphatic rings. The van der Waals surface area contributed by atoms with Gasteiger partial charge in [-0.15, -0.1) is 5.10 Å². The fourth-order valence-corrected chi connectivity index (χ4v) is 4.41. The summed E-state index contributed by atoms with van der Waals surface area (Å²) in [6.45, 7) is 4.10. The number of aryl methyl sites for hydroxylation is 2. The Bertz CT molecular complexity index is 631. The molecule has 1 aromatic carbocycles. The SMILES string of the molecule is COc1ccc(-c2cn(CCCSSCCN(C)C)nn2)c(C)c1. The van der Waals surface area contributed by atoms with Crippen LogP contribution in [0.25, 0.3) is 11.3 Å². The average Bonchev–Trinajstić information content (AvgIpc) is 3.02. The lowest BCUT2D eigenvalue weighted by molar-refractivity contribution is 0.414. The number of hydrogen-bond donors (Lipinski definition) is 0. The lowest BCUT2D eigenvalue weighted by Crippen LogP contribution is -2.14. The summed E-state index contributed by atoms with van der Waals surface area (Å²) in [6.07, 6.45) is 3.13. The van der Waals surface area contributed by atoms with Crippen molar-refractivity contribution >= 4 is 21.6 Å². The van der Waals surface area contributed by atoms with E-state index in [1.807, 2.05) is 50.7 Å². The van der Waals surface area contributed by atoms with Crippen LogP contribution in [0.1, 0.15) is 12.0 Å². The Hall–Kier alpha value is -1.18. The molecule has 0 saturated carbocycles. The van der Waals surface area contributed by atoms with Crippen molar-refractivity contribution in [2.24, 2.45) is 0 Å². The molecule has 0 spiro atoms. The van der Waals surface area contributed by atoms with Gasteiger partial charge in [0.05, 0.1) is 13.3 Å². The van der Waals surface area contributed by atoms with Crippen LogP contribution in [0.3, 0.4) is 0 Å². The van der Waals surface area contributed by atoms with E-state index >= 15 is 0 Å². The van der Waals surface area contributed by atoms with Crippen molar-refractivity contribution in [2.45, 2.75) is 19.9 Å². The van der Waals surface area contributed by atoms with Gasteiger partial charge in [-0.05, 0) is 51.2 Å². The quantitative estimate of drug-likeness (QED) is 0.473. The van der Waals surface area contributed by atoms with Gasteiger partial charge < -0.3 is 9.64 Å². The molecule has 132 valence electrons. The van der Waals surface area contributed by atoms with Crippen LogP contribution < -0.4 is 4.74 Å². The smallest absolute Gasteiger partial charge is 0.119 e. The van der Waals surface area contributed by atoms with E-state index in [9.17, 15) is 0 Å². The Morgan fingerprint density at radius 1 is 1.21 bits per heavy atom. The molecule has 7 heteroatoms. The Kier molecular flexibility index (Phi) is 7.94. The van der Waals surface area contributed by atoms with Crippen molar-refractivity contribution < 1.29 is 4.74 Å². The summed E-state index contributed by atoms with van der Waals surface area (Å²) >= 11 is 0. The normalized spacial score (nSPS) is 11.2. The number of nitrogens with zero attached hydrogens (tertiary/aromatic N) is 4. The van der Waals surface area contributed by atoms with Crippen molar-refractivity contribution in [3.63, 3.8) is 0 Å². The second-order valence-electron chi connectivity index (χ2n) is 5.85. The fraction of sp³-hybridized carbons (Fsp3) is 0.529. The van der Waals surface area contributed by atoms with Crippen LogP contribution in [-0.2, 0) is 6.54 Å². The standard InChI is InChI=1S/C17H26N4OS2/c1-14-12-15(22-4)6-7-16(14)17-13-21(19-18-17)8-5-10-23-24-11-9-20(2)3/h6-7,12-13H,5,8-11H2,1-4H3. The Morgan fingerprint density at radius 3 is 2.71 bits per heavy atom. The van der Waals surface area contributed by atoms with E-state index in [2.05, 4.69) is 36.2 Å². The van der Waals surface area contributed by atoms with Gasteiger partial charge in [-0.1, -0.05) is 26.8 Å². The maximum absolute atomic E-state index is 5.25. The van der Waals surface area contributed by atoms with Crippen molar-refractivity contribution in [3.8, 4) is 17.0 Å². The van der Waals surface area contributed by atoms with Crippen LogP contribution >= 0.6 is 21.6 Å². The fourth-order valence-electron chi connectivity index (χ4n) is 2.20. The molecular formula is C17H26N4OS2. The molecule has 0 aliphatic carbocycles. The van der Waals surface area contributed by atoms with Crippen LogP contribution in [0.5, 0.6) is 5.75 Å². The highest BCUT2D eigenvalue weighted by atomic mass is 33.1. The molecule has 0 atom stereocenters. The summed E-state index contributed by atoms with van der Waals surface area (Å²) in [4.78, 5) is 2.21. The first-order valence-electron chi connectivity index (χ1n) is 8.04. The van der Waals surface area contributed by atoms with E-state index in [4.69, 9.17) is 4.74 Å². The van der Waals surface area contributed by atoms with Gasteiger partial charge in [0.15, 0.2) is 0 Å².